The molecule has 0 aliphatic carbocycles. The highest BCUT2D eigenvalue weighted by Crippen LogP contribution is 2.54. The number of carbonyl (C=O) groups is 2. The zero-order valence-corrected chi connectivity index (χ0v) is 30.1. The number of halogens is 2. The fourth-order valence-electron chi connectivity index (χ4n) is 7.30. The number of benzene rings is 2. The van der Waals surface area contributed by atoms with Crippen molar-refractivity contribution in [1.29, 1.82) is 0 Å². The molecule has 2 saturated heterocycles. The lowest BCUT2D eigenvalue weighted by molar-refractivity contribution is -0.137. The number of sulfonamides is 1. The van der Waals surface area contributed by atoms with Crippen LogP contribution in [-0.4, -0.2) is 113 Å². The molecule has 3 aliphatic heterocycles. The molecular weight excluding hydrogens is 689 g/mol. The van der Waals surface area contributed by atoms with E-state index in [-0.39, 0.29) is 50.9 Å². The number of piperazine rings is 1. The van der Waals surface area contributed by atoms with Crippen LogP contribution in [0.15, 0.2) is 53.6 Å². The molecule has 2 aromatic carbocycles. The predicted molar refractivity (Wildman–Crippen MR) is 185 cm³/mol. The van der Waals surface area contributed by atoms with E-state index < -0.39 is 33.6 Å². The summed E-state index contributed by atoms with van der Waals surface area (Å²) < 4.78 is 61.5. The average molecular weight is 730 g/mol. The monoisotopic (exact) mass is 729 g/mol. The Morgan fingerprint density at radius 3 is 2.40 bits per heavy atom. The highest BCUT2D eigenvalue weighted by atomic mass is 35.5. The Labute approximate surface area is 296 Å². The van der Waals surface area contributed by atoms with Crippen molar-refractivity contribution in [2.75, 3.05) is 71.4 Å². The van der Waals surface area contributed by atoms with Gasteiger partial charge in [-0.3, -0.25) is 14.5 Å². The van der Waals surface area contributed by atoms with Gasteiger partial charge in [-0.25, -0.2) is 22.1 Å². The summed E-state index contributed by atoms with van der Waals surface area (Å²) in [5.74, 6) is -2.06. The van der Waals surface area contributed by atoms with Gasteiger partial charge in [0.1, 0.15) is 27.6 Å². The summed E-state index contributed by atoms with van der Waals surface area (Å²) >= 11 is 6.36. The fraction of sp³-hybridized carbons (Fsp3) is 0.457. The van der Waals surface area contributed by atoms with Crippen molar-refractivity contribution in [1.82, 2.24) is 19.7 Å². The van der Waals surface area contributed by atoms with E-state index in [4.69, 9.17) is 25.8 Å². The number of methoxy groups -OCH3 is 2. The lowest BCUT2D eigenvalue weighted by Gasteiger charge is -2.42. The molecule has 268 valence electrons. The maximum Gasteiger partial charge on any atom is 0.274 e. The molecule has 1 aromatic heterocycles. The van der Waals surface area contributed by atoms with Crippen LogP contribution in [0.5, 0.6) is 17.4 Å². The zero-order valence-electron chi connectivity index (χ0n) is 28.5. The molecule has 2 fully saturated rings. The third kappa shape index (κ3) is 6.27. The summed E-state index contributed by atoms with van der Waals surface area (Å²) in [6.45, 7) is 6.16. The van der Waals surface area contributed by atoms with Crippen molar-refractivity contribution >= 4 is 39.1 Å². The summed E-state index contributed by atoms with van der Waals surface area (Å²) in [5.41, 5.74) is -2.08. The minimum Gasteiger partial charge on any atom is -0.497 e. The molecule has 0 N–H and O–H groups in total. The van der Waals surface area contributed by atoms with Gasteiger partial charge in [0.05, 0.1) is 31.5 Å². The van der Waals surface area contributed by atoms with Crippen molar-refractivity contribution in [3.63, 3.8) is 0 Å². The summed E-state index contributed by atoms with van der Waals surface area (Å²) in [6.07, 6.45) is 3.11. The lowest BCUT2D eigenvalue weighted by Crippen LogP contribution is -2.55. The first-order valence-corrected chi connectivity index (χ1v) is 18.4. The molecule has 15 heteroatoms. The van der Waals surface area contributed by atoms with Gasteiger partial charge in [-0.2, -0.15) is 0 Å². The van der Waals surface area contributed by atoms with Gasteiger partial charge < -0.3 is 24.0 Å². The second kappa shape index (κ2) is 14.3. The maximum absolute atomic E-state index is 15.3. The summed E-state index contributed by atoms with van der Waals surface area (Å²) in [4.78, 5) is 40.0. The van der Waals surface area contributed by atoms with E-state index in [0.29, 0.717) is 42.3 Å². The highest BCUT2D eigenvalue weighted by molar-refractivity contribution is 7.93. The van der Waals surface area contributed by atoms with Gasteiger partial charge in [-0.1, -0.05) is 17.7 Å². The van der Waals surface area contributed by atoms with Gasteiger partial charge in [-0.15, -0.1) is 0 Å². The van der Waals surface area contributed by atoms with Gasteiger partial charge in [-0.05, 0) is 69.7 Å². The van der Waals surface area contributed by atoms with Gasteiger partial charge >= 0.3 is 0 Å². The number of aromatic nitrogens is 1. The number of carbonyl (C=O) groups excluding carboxylic acids is 2. The third-order valence-electron chi connectivity index (χ3n) is 9.96. The second-order valence-electron chi connectivity index (χ2n) is 12.7. The number of hydrogen-bond donors (Lipinski definition) is 0. The Morgan fingerprint density at radius 1 is 1.02 bits per heavy atom. The van der Waals surface area contributed by atoms with E-state index in [2.05, 4.69) is 21.8 Å². The van der Waals surface area contributed by atoms with Crippen LogP contribution in [0.4, 0.5) is 10.1 Å². The van der Waals surface area contributed by atoms with Crippen LogP contribution in [0.25, 0.3) is 0 Å². The van der Waals surface area contributed by atoms with Gasteiger partial charge in [0.15, 0.2) is 0 Å². The van der Waals surface area contributed by atoms with Gasteiger partial charge in [0.25, 0.3) is 15.9 Å². The Kier molecular flexibility index (Phi) is 10.3. The molecule has 2 amide bonds. The molecule has 50 heavy (non-hydrogen) atoms. The van der Waals surface area contributed by atoms with Crippen LogP contribution in [0, 0.1) is 5.82 Å². The molecule has 1 unspecified atom stereocenters. The molecule has 0 spiro atoms. The summed E-state index contributed by atoms with van der Waals surface area (Å²) in [7, 11) is 0.0273. The largest absolute Gasteiger partial charge is 0.497 e. The Hall–Kier alpha value is -3.98. The van der Waals surface area contributed by atoms with E-state index in [9.17, 15) is 13.2 Å². The minimum atomic E-state index is -4.79. The Bertz CT molecular complexity index is 1880. The molecule has 12 nitrogen and oxygen atoms in total. The van der Waals surface area contributed by atoms with Crippen molar-refractivity contribution in [2.24, 2.45) is 0 Å². The molecule has 3 aromatic rings. The SMILES string of the molecule is CCOc1ncccc1C1(CC(=O)N2CCN(C3CCN(C)CC3)CC2)C(=O)N(S(=O)(=O)c2ccc(OC)cc2OC)c2cc(F)c(Cl)cc21. The Balaban J connectivity index is 1.45. The molecule has 6 rings (SSSR count). The molecular formula is C35H41ClFN5O7S. The number of amides is 2. The number of rotatable bonds is 10. The Morgan fingerprint density at radius 2 is 1.74 bits per heavy atom. The third-order valence-corrected chi connectivity index (χ3v) is 12.0. The fourth-order valence-corrected chi connectivity index (χ4v) is 9.08. The summed E-state index contributed by atoms with van der Waals surface area (Å²) in [5, 5.41) is -0.344. The number of nitrogens with zero attached hydrogens (tertiary/aromatic N) is 5. The van der Waals surface area contributed by atoms with Gasteiger partial charge in [0.2, 0.25) is 11.8 Å². The topological polar surface area (TPSA) is 122 Å². The average Bonchev–Trinajstić information content (AvgIpc) is 3.35. The van der Waals surface area contributed by atoms with Crippen molar-refractivity contribution in [2.45, 2.75) is 42.5 Å². The number of likely N-dealkylation sites (tertiary alicyclic amines) is 1. The number of hydrogen-bond acceptors (Lipinski definition) is 10. The molecule has 0 radical (unpaired) electrons. The van der Waals surface area contributed by atoms with Crippen molar-refractivity contribution < 1.29 is 36.6 Å². The van der Waals surface area contributed by atoms with E-state index in [1.54, 1.807) is 24.0 Å². The van der Waals surface area contributed by atoms with Crippen molar-refractivity contribution in [3.05, 3.63) is 70.6 Å². The highest BCUT2D eigenvalue weighted by Gasteiger charge is 2.59. The first kappa shape index (κ1) is 35.8. The van der Waals surface area contributed by atoms with Crippen LogP contribution >= 0.6 is 11.6 Å². The standard InChI is InChI=1S/C35H41ClFN5O7S/c1-5-49-33-25(7-6-12-38-33)35(22-32(43)41-17-15-40(16-18-41)23-10-13-39(2)14-11-23)26-20-27(36)28(37)21-29(26)42(34(35)44)50(45,46)31-9-8-24(47-3)19-30(31)48-4/h6-9,12,19-21,23H,5,10-11,13-18,22H2,1-4H3. The van der Waals surface area contributed by atoms with Gasteiger partial charge in [0, 0.05) is 62.5 Å². The first-order valence-electron chi connectivity index (χ1n) is 16.6. The molecule has 4 heterocycles. The van der Waals surface area contributed by atoms with Crippen LogP contribution in [0.1, 0.15) is 37.3 Å². The van der Waals surface area contributed by atoms with E-state index in [0.717, 1.165) is 32.0 Å². The van der Waals surface area contributed by atoms with Crippen LogP contribution < -0.4 is 18.5 Å². The van der Waals surface area contributed by atoms with Crippen LogP contribution in [-0.2, 0) is 25.0 Å². The predicted octanol–water partition coefficient (Wildman–Crippen LogP) is 3.94. The number of anilines is 1. The molecule has 3 aliphatic rings. The number of piperidine rings is 1. The zero-order chi connectivity index (χ0) is 35.8. The van der Waals surface area contributed by atoms with E-state index >= 15 is 9.18 Å². The number of pyridine rings is 1. The minimum absolute atomic E-state index is 0.0379. The normalized spacial score (nSPS) is 20.6. The first-order chi connectivity index (χ1) is 24.0. The lowest BCUT2D eigenvalue weighted by atomic mass is 9.72. The smallest absolute Gasteiger partial charge is 0.274 e. The van der Waals surface area contributed by atoms with E-state index in [1.165, 1.54) is 44.7 Å². The van der Waals surface area contributed by atoms with Crippen molar-refractivity contribution in [3.8, 4) is 17.4 Å². The molecule has 0 saturated carbocycles. The van der Waals surface area contributed by atoms with Crippen LogP contribution in [0.2, 0.25) is 5.02 Å². The maximum atomic E-state index is 15.3. The number of fused-ring (bicyclic) bond motifs is 1. The van der Waals surface area contributed by atoms with E-state index in [1.807, 2.05) is 0 Å². The number of ether oxygens (including phenoxy) is 3. The molecule has 0 bridgehead atoms. The summed E-state index contributed by atoms with van der Waals surface area (Å²) in [6, 6.07) is 9.75. The quantitative estimate of drug-likeness (QED) is 0.304. The van der Waals surface area contributed by atoms with Crippen LogP contribution in [0.3, 0.4) is 0 Å². The molecule has 1 atom stereocenters. The second-order valence-corrected chi connectivity index (χ2v) is 14.9.